The Bertz CT molecular complexity index is 676. The van der Waals surface area contributed by atoms with Gasteiger partial charge in [0.2, 0.25) is 0 Å². The molecule has 1 aliphatic carbocycles. The van der Waals surface area contributed by atoms with Crippen LogP contribution < -0.4 is 0 Å². The first-order valence-electron chi connectivity index (χ1n) is 6.12. The number of benzene rings is 1. The van der Waals surface area contributed by atoms with Crippen LogP contribution in [0, 0.1) is 11.3 Å². The highest BCUT2D eigenvalue weighted by Gasteiger charge is 2.17. The zero-order chi connectivity index (χ0) is 13.2. The minimum atomic E-state index is 0.658. The Morgan fingerprint density at radius 3 is 2.95 bits per heavy atom. The summed E-state index contributed by atoms with van der Waals surface area (Å²) in [5.41, 5.74) is 3.03. The van der Waals surface area contributed by atoms with E-state index in [9.17, 15) is 5.26 Å². The van der Waals surface area contributed by atoms with E-state index in [4.69, 9.17) is 11.6 Å². The molecular weight excluding hydrogens is 276 g/mol. The summed E-state index contributed by atoms with van der Waals surface area (Å²) in [4.78, 5) is 5.66. The second-order valence-corrected chi connectivity index (χ2v) is 5.97. The van der Waals surface area contributed by atoms with Gasteiger partial charge in [0.15, 0.2) is 0 Å². The van der Waals surface area contributed by atoms with Gasteiger partial charge in [-0.2, -0.15) is 5.26 Å². The molecule has 2 nitrogen and oxygen atoms in total. The SMILES string of the molecule is N#Cc1cc2c(nc1Sc1cccc(Cl)c1)CCC2. The molecule has 0 amide bonds. The zero-order valence-corrected chi connectivity index (χ0v) is 11.8. The summed E-state index contributed by atoms with van der Waals surface area (Å²) in [5, 5.41) is 10.7. The van der Waals surface area contributed by atoms with Crippen molar-refractivity contribution in [2.24, 2.45) is 0 Å². The highest BCUT2D eigenvalue weighted by molar-refractivity contribution is 7.99. The van der Waals surface area contributed by atoms with Crippen LogP contribution in [0.25, 0.3) is 0 Å². The van der Waals surface area contributed by atoms with Crippen molar-refractivity contribution < 1.29 is 0 Å². The summed E-state index contributed by atoms with van der Waals surface area (Å²) >= 11 is 7.48. The van der Waals surface area contributed by atoms with E-state index in [-0.39, 0.29) is 0 Å². The fourth-order valence-corrected chi connectivity index (χ4v) is 3.43. The third-order valence-corrected chi connectivity index (χ3v) is 4.38. The number of aryl methyl sites for hydroxylation is 2. The molecule has 0 fully saturated rings. The number of aromatic nitrogens is 1. The first kappa shape index (κ1) is 12.5. The number of nitrogens with zero attached hydrogens (tertiary/aromatic N) is 2. The van der Waals surface area contributed by atoms with Gasteiger partial charge in [0.05, 0.1) is 5.56 Å². The Balaban J connectivity index is 1.99. The lowest BCUT2D eigenvalue weighted by Gasteiger charge is -2.06. The summed E-state index contributed by atoms with van der Waals surface area (Å²) in [6.07, 6.45) is 3.20. The lowest BCUT2D eigenvalue weighted by Crippen LogP contribution is -1.94. The van der Waals surface area contributed by atoms with E-state index in [1.165, 1.54) is 17.3 Å². The van der Waals surface area contributed by atoms with E-state index >= 15 is 0 Å². The van der Waals surface area contributed by atoms with Crippen LogP contribution in [0.15, 0.2) is 40.3 Å². The van der Waals surface area contributed by atoms with Crippen molar-refractivity contribution in [2.75, 3.05) is 0 Å². The van der Waals surface area contributed by atoms with Crippen molar-refractivity contribution in [2.45, 2.75) is 29.2 Å². The van der Waals surface area contributed by atoms with E-state index < -0.39 is 0 Å². The summed E-state index contributed by atoms with van der Waals surface area (Å²) in [5.74, 6) is 0. The molecule has 0 radical (unpaired) electrons. The fraction of sp³-hybridized carbons (Fsp3) is 0.200. The normalized spacial score (nSPS) is 13.1. The molecule has 0 saturated heterocycles. The Hall–Kier alpha value is -1.50. The maximum Gasteiger partial charge on any atom is 0.119 e. The van der Waals surface area contributed by atoms with Gasteiger partial charge in [-0.15, -0.1) is 0 Å². The molecule has 4 heteroatoms. The number of hydrogen-bond acceptors (Lipinski definition) is 3. The smallest absolute Gasteiger partial charge is 0.119 e. The molecular formula is C15H11ClN2S. The molecule has 0 aliphatic heterocycles. The van der Waals surface area contributed by atoms with E-state index in [0.717, 1.165) is 34.9 Å². The molecule has 1 aromatic heterocycles. The van der Waals surface area contributed by atoms with Crippen LogP contribution in [0.3, 0.4) is 0 Å². The number of nitriles is 1. The monoisotopic (exact) mass is 286 g/mol. The lowest BCUT2D eigenvalue weighted by molar-refractivity contribution is 0.891. The van der Waals surface area contributed by atoms with Crippen LogP contribution in [0.5, 0.6) is 0 Å². The van der Waals surface area contributed by atoms with Crippen LogP contribution in [0.4, 0.5) is 0 Å². The summed E-state index contributed by atoms with van der Waals surface area (Å²) in [7, 11) is 0. The first-order valence-corrected chi connectivity index (χ1v) is 7.32. The van der Waals surface area contributed by atoms with E-state index in [0.29, 0.717) is 10.6 Å². The third kappa shape index (κ3) is 2.60. The molecule has 0 atom stereocenters. The lowest BCUT2D eigenvalue weighted by atomic mass is 10.2. The molecule has 0 bridgehead atoms. The minimum absolute atomic E-state index is 0.658. The molecule has 3 rings (SSSR count). The van der Waals surface area contributed by atoms with Crippen LogP contribution in [0.2, 0.25) is 5.02 Å². The van der Waals surface area contributed by atoms with Crippen molar-refractivity contribution in [1.29, 1.82) is 5.26 Å². The maximum atomic E-state index is 9.25. The number of pyridine rings is 1. The fourth-order valence-electron chi connectivity index (χ4n) is 2.25. The molecule has 94 valence electrons. The van der Waals surface area contributed by atoms with Crippen LogP contribution in [-0.2, 0) is 12.8 Å². The van der Waals surface area contributed by atoms with Crippen molar-refractivity contribution >= 4 is 23.4 Å². The highest BCUT2D eigenvalue weighted by Crippen LogP contribution is 2.33. The van der Waals surface area contributed by atoms with Gasteiger partial charge in [-0.25, -0.2) is 4.98 Å². The molecule has 1 aliphatic rings. The number of rotatable bonds is 2. The highest BCUT2D eigenvalue weighted by atomic mass is 35.5. The zero-order valence-electron chi connectivity index (χ0n) is 10.2. The van der Waals surface area contributed by atoms with Gasteiger partial charge in [-0.05, 0) is 49.1 Å². The molecule has 2 aromatic rings. The Labute approximate surface area is 121 Å². The quantitative estimate of drug-likeness (QED) is 0.828. The predicted octanol–water partition coefficient (Wildman–Crippen LogP) is 4.25. The van der Waals surface area contributed by atoms with Crippen molar-refractivity contribution in [3.63, 3.8) is 0 Å². The molecule has 0 unspecified atom stereocenters. The molecule has 1 aromatic carbocycles. The molecule has 0 N–H and O–H groups in total. The molecule has 1 heterocycles. The Morgan fingerprint density at radius 2 is 2.16 bits per heavy atom. The van der Waals surface area contributed by atoms with Crippen LogP contribution >= 0.6 is 23.4 Å². The standard InChI is InChI=1S/C15H11ClN2S/c16-12-4-2-5-13(8-12)19-15-11(9-17)7-10-3-1-6-14(10)18-15/h2,4-5,7-8H,1,3,6H2. The maximum absolute atomic E-state index is 9.25. The topological polar surface area (TPSA) is 36.7 Å². The predicted molar refractivity (Wildman–Crippen MR) is 76.6 cm³/mol. The minimum Gasteiger partial charge on any atom is -0.244 e. The van der Waals surface area contributed by atoms with Gasteiger partial charge in [-0.1, -0.05) is 29.4 Å². The number of fused-ring (bicyclic) bond motifs is 1. The van der Waals surface area contributed by atoms with Gasteiger partial charge in [0, 0.05) is 15.6 Å². The second kappa shape index (κ2) is 5.24. The molecule has 19 heavy (non-hydrogen) atoms. The van der Waals surface area contributed by atoms with Gasteiger partial charge in [0.1, 0.15) is 11.1 Å². The van der Waals surface area contributed by atoms with Gasteiger partial charge in [-0.3, -0.25) is 0 Å². The average Bonchev–Trinajstić information content (AvgIpc) is 2.85. The van der Waals surface area contributed by atoms with Crippen molar-refractivity contribution in [3.05, 3.63) is 52.2 Å². The van der Waals surface area contributed by atoms with E-state index in [1.807, 2.05) is 30.3 Å². The Morgan fingerprint density at radius 1 is 1.26 bits per heavy atom. The van der Waals surface area contributed by atoms with Crippen LogP contribution in [-0.4, -0.2) is 4.98 Å². The first-order chi connectivity index (χ1) is 9.26. The van der Waals surface area contributed by atoms with Gasteiger partial charge in [0.25, 0.3) is 0 Å². The third-order valence-electron chi connectivity index (χ3n) is 3.15. The van der Waals surface area contributed by atoms with Crippen LogP contribution in [0.1, 0.15) is 23.2 Å². The summed E-state index contributed by atoms with van der Waals surface area (Å²) in [6.45, 7) is 0. The summed E-state index contributed by atoms with van der Waals surface area (Å²) < 4.78 is 0. The summed E-state index contributed by atoms with van der Waals surface area (Å²) in [6, 6.07) is 11.8. The van der Waals surface area contributed by atoms with Crippen molar-refractivity contribution in [1.82, 2.24) is 4.98 Å². The van der Waals surface area contributed by atoms with E-state index in [1.54, 1.807) is 0 Å². The number of halogens is 1. The Kier molecular flexibility index (Phi) is 3.46. The van der Waals surface area contributed by atoms with Gasteiger partial charge < -0.3 is 0 Å². The van der Waals surface area contributed by atoms with E-state index in [2.05, 4.69) is 11.1 Å². The van der Waals surface area contributed by atoms with Gasteiger partial charge >= 0.3 is 0 Å². The largest absolute Gasteiger partial charge is 0.244 e. The number of hydrogen-bond donors (Lipinski definition) is 0. The average molecular weight is 287 g/mol. The molecule has 0 saturated carbocycles. The second-order valence-electron chi connectivity index (χ2n) is 4.47. The van der Waals surface area contributed by atoms with Crippen molar-refractivity contribution in [3.8, 4) is 6.07 Å². The molecule has 0 spiro atoms.